The number of nitrogens with two attached hydrogens (primary N) is 1. The molecular weight excluding hydrogens is 257 g/mol. The number of carbonyl (C=O) groups excluding carboxylic acids is 1. The average Bonchev–Trinajstić information content (AvgIpc) is 2.72. The molecule has 0 aromatic heterocycles. The van der Waals surface area contributed by atoms with Crippen LogP contribution in [-0.4, -0.2) is 11.4 Å². The third kappa shape index (κ3) is 3.26. The van der Waals surface area contributed by atoms with Gasteiger partial charge in [0.2, 0.25) is 5.91 Å². The summed E-state index contributed by atoms with van der Waals surface area (Å²) in [6.07, 6.45) is 3.44. The van der Waals surface area contributed by atoms with E-state index in [1.165, 1.54) is 0 Å². The smallest absolute Gasteiger partial charge is 0.226 e. The first-order valence-corrected chi connectivity index (χ1v) is 6.13. The minimum atomic E-state index is -1.29. The highest BCUT2D eigenvalue weighted by molar-refractivity contribution is 5.91. The Morgan fingerprint density at radius 2 is 1.74 bits per heavy atom. The predicted octanol–water partition coefficient (Wildman–Crippen LogP) is 2.70. The van der Waals surface area contributed by atoms with Crippen molar-refractivity contribution in [2.75, 3.05) is 5.32 Å². The van der Waals surface area contributed by atoms with Gasteiger partial charge in [-0.3, -0.25) is 4.79 Å². The minimum absolute atomic E-state index is 0.0471. The van der Waals surface area contributed by atoms with Crippen molar-refractivity contribution in [3.63, 3.8) is 0 Å². The highest BCUT2D eigenvalue weighted by Gasteiger charge is 2.31. The fraction of sp³-hybridized carbons (Fsp3) is 0.462. The van der Waals surface area contributed by atoms with E-state index < -0.39 is 28.9 Å². The van der Waals surface area contributed by atoms with Crippen molar-refractivity contribution in [2.45, 2.75) is 37.6 Å². The van der Waals surface area contributed by atoms with E-state index in [4.69, 9.17) is 5.73 Å². The largest absolute Gasteiger partial charge is 0.325 e. The van der Waals surface area contributed by atoms with Gasteiger partial charge in [-0.1, -0.05) is 12.8 Å². The molecule has 1 aromatic rings. The van der Waals surface area contributed by atoms with Gasteiger partial charge in [0.1, 0.15) is 5.82 Å². The SMILES string of the molecule is NC1(CC(=O)Nc2cc(F)c(F)cc2F)CCCC1. The molecule has 0 saturated heterocycles. The van der Waals surface area contributed by atoms with Gasteiger partial charge in [0.25, 0.3) is 0 Å². The fourth-order valence-electron chi connectivity index (χ4n) is 2.39. The average molecular weight is 272 g/mol. The monoisotopic (exact) mass is 272 g/mol. The third-order valence-electron chi connectivity index (χ3n) is 3.40. The lowest BCUT2D eigenvalue weighted by Gasteiger charge is -2.22. The van der Waals surface area contributed by atoms with Crippen LogP contribution >= 0.6 is 0 Å². The molecule has 3 N–H and O–H groups in total. The molecule has 2 rings (SSSR count). The molecule has 0 heterocycles. The molecule has 0 unspecified atom stereocenters. The lowest BCUT2D eigenvalue weighted by atomic mass is 9.94. The summed E-state index contributed by atoms with van der Waals surface area (Å²) >= 11 is 0. The molecule has 1 aliphatic carbocycles. The Labute approximate surface area is 109 Å². The minimum Gasteiger partial charge on any atom is -0.325 e. The van der Waals surface area contributed by atoms with Gasteiger partial charge in [-0.2, -0.15) is 0 Å². The molecule has 1 aliphatic rings. The van der Waals surface area contributed by atoms with Crippen LogP contribution < -0.4 is 11.1 Å². The molecule has 6 heteroatoms. The van der Waals surface area contributed by atoms with Crippen LogP contribution in [0.2, 0.25) is 0 Å². The highest BCUT2D eigenvalue weighted by Crippen LogP contribution is 2.30. The van der Waals surface area contributed by atoms with Gasteiger partial charge in [-0.05, 0) is 12.8 Å². The summed E-state index contributed by atoms with van der Waals surface area (Å²) in [6, 6.07) is 1.03. The van der Waals surface area contributed by atoms with E-state index in [9.17, 15) is 18.0 Å². The van der Waals surface area contributed by atoms with E-state index in [0.717, 1.165) is 25.7 Å². The standard InChI is InChI=1S/C13H15F3N2O/c14-8-5-10(16)11(6-9(8)15)18-12(19)7-13(17)3-1-2-4-13/h5-6H,1-4,7,17H2,(H,18,19). The number of carbonyl (C=O) groups is 1. The summed E-state index contributed by atoms with van der Waals surface area (Å²) in [5.74, 6) is -4.00. The second kappa shape index (κ2) is 5.21. The van der Waals surface area contributed by atoms with Gasteiger partial charge in [0, 0.05) is 24.1 Å². The summed E-state index contributed by atoms with van der Waals surface area (Å²) in [5, 5.41) is 2.23. The molecule has 0 radical (unpaired) electrons. The zero-order valence-electron chi connectivity index (χ0n) is 10.3. The van der Waals surface area contributed by atoms with Crippen molar-refractivity contribution in [1.82, 2.24) is 0 Å². The molecule has 0 aliphatic heterocycles. The fourth-order valence-corrected chi connectivity index (χ4v) is 2.39. The maximum Gasteiger partial charge on any atom is 0.226 e. The van der Waals surface area contributed by atoms with Crippen molar-refractivity contribution in [3.8, 4) is 0 Å². The molecule has 1 amide bonds. The van der Waals surface area contributed by atoms with Crippen molar-refractivity contribution < 1.29 is 18.0 Å². The van der Waals surface area contributed by atoms with Gasteiger partial charge < -0.3 is 11.1 Å². The van der Waals surface area contributed by atoms with Crippen LogP contribution in [0.1, 0.15) is 32.1 Å². The first-order valence-electron chi connectivity index (χ1n) is 6.13. The maximum atomic E-state index is 13.3. The number of hydrogen-bond donors (Lipinski definition) is 2. The van der Waals surface area contributed by atoms with Gasteiger partial charge in [-0.25, -0.2) is 13.2 Å². The molecule has 0 atom stereocenters. The van der Waals surface area contributed by atoms with Crippen LogP contribution in [0.3, 0.4) is 0 Å². The van der Waals surface area contributed by atoms with Crippen LogP contribution in [0, 0.1) is 17.5 Å². The summed E-state index contributed by atoms with van der Waals surface area (Å²) < 4.78 is 39.1. The Bertz CT molecular complexity index is 499. The second-order valence-corrected chi connectivity index (χ2v) is 5.04. The van der Waals surface area contributed by atoms with E-state index in [1.54, 1.807) is 0 Å². The lowest BCUT2D eigenvalue weighted by molar-refractivity contribution is -0.117. The summed E-state index contributed by atoms with van der Waals surface area (Å²) in [5.41, 5.74) is 5.08. The predicted molar refractivity (Wildman–Crippen MR) is 64.9 cm³/mol. The quantitative estimate of drug-likeness (QED) is 0.831. The van der Waals surface area contributed by atoms with Crippen molar-refractivity contribution in [1.29, 1.82) is 0 Å². The normalized spacial score (nSPS) is 17.5. The van der Waals surface area contributed by atoms with E-state index in [2.05, 4.69) is 5.32 Å². The molecule has 19 heavy (non-hydrogen) atoms. The molecule has 3 nitrogen and oxygen atoms in total. The Balaban J connectivity index is 2.05. The van der Waals surface area contributed by atoms with Gasteiger partial charge in [0.05, 0.1) is 5.69 Å². The topological polar surface area (TPSA) is 55.1 Å². The summed E-state index contributed by atoms with van der Waals surface area (Å²) in [4.78, 5) is 11.7. The van der Waals surface area contributed by atoms with Crippen molar-refractivity contribution in [3.05, 3.63) is 29.6 Å². The summed E-state index contributed by atoms with van der Waals surface area (Å²) in [6.45, 7) is 0. The molecule has 104 valence electrons. The van der Waals surface area contributed by atoms with Crippen molar-refractivity contribution >= 4 is 11.6 Å². The number of benzene rings is 1. The molecule has 1 aromatic carbocycles. The van der Waals surface area contributed by atoms with E-state index in [-0.39, 0.29) is 12.1 Å². The van der Waals surface area contributed by atoms with E-state index in [0.29, 0.717) is 12.1 Å². The van der Waals surface area contributed by atoms with Gasteiger partial charge >= 0.3 is 0 Å². The Morgan fingerprint density at radius 1 is 1.16 bits per heavy atom. The first kappa shape index (κ1) is 13.9. The van der Waals surface area contributed by atoms with Gasteiger partial charge in [-0.15, -0.1) is 0 Å². The van der Waals surface area contributed by atoms with Crippen molar-refractivity contribution in [2.24, 2.45) is 5.73 Å². The van der Waals surface area contributed by atoms with E-state index >= 15 is 0 Å². The zero-order valence-corrected chi connectivity index (χ0v) is 10.3. The van der Waals surface area contributed by atoms with E-state index in [1.807, 2.05) is 0 Å². The number of halogens is 3. The van der Waals surface area contributed by atoms with Crippen LogP contribution in [0.4, 0.5) is 18.9 Å². The zero-order chi connectivity index (χ0) is 14.0. The number of anilines is 1. The summed E-state index contributed by atoms with van der Waals surface area (Å²) in [7, 11) is 0. The molecular formula is C13H15F3N2O. The first-order chi connectivity index (χ1) is 8.89. The molecule has 0 bridgehead atoms. The number of rotatable bonds is 3. The van der Waals surface area contributed by atoms with Crippen LogP contribution in [0.15, 0.2) is 12.1 Å². The van der Waals surface area contributed by atoms with Crippen LogP contribution in [0.5, 0.6) is 0 Å². The van der Waals surface area contributed by atoms with Crippen LogP contribution in [0.25, 0.3) is 0 Å². The Hall–Kier alpha value is -1.56. The maximum absolute atomic E-state index is 13.3. The number of hydrogen-bond acceptors (Lipinski definition) is 2. The number of amides is 1. The second-order valence-electron chi connectivity index (χ2n) is 5.04. The Morgan fingerprint density at radius 3 is 2.37 bits per heavy atom. The Kier molecular flexibility index (Phi) is 3.80. The highest BCUT2D eigenvalue weighted by atomic mass is 19.2. The molecule has 0 spiro atoms. The molecule has 1 fully saturated rings. The van der Waals surface area contributed by atoms with Gasteiger partial charge in [0.15, 0.2) is 11.6 Å². The van der Waals surface area contributed by atoms with Crippen LogP contribution in [-0.2, 0) is 4.79 Å². The third-order valence-corrected chi connectivity index (χ3v) is 3.40. The molecule has 1 saturated carbocycles. The number of nitrogens with one attached hydrogen (secondary N) is 1. The lowest BCUT2D eigenvalue weighted by Crippen LogP contribution is -2.40.